The van der Waals surface area contributed by atoms with Crippen molar-refractivity contribution in [3.63, 3.8) is 0 Å². The molecule has 0 aliphatic rings. The number of aliphatic hydroxyl groups excluding tert-OH is 1. The summed E-state index contributed by atoms with van der Waals surface area (Å²) in [6.45, 7) is 12.8. The third-order valence-electron chi connectivity index (χ3n) is 8.46. The fourth-order valence-corrected chi connectivity index (χ4v) is 5.72. The zero-order valence-corrected chi connectivity index (χ0v) is 33.4. The second-order valence-corrected chi connectivity index (χ2v) is 14.8. The Bertz CT molecular complexity index is 1210. The molecule has 0 aliphatic carbocycles. The van der Waals surface area contributed by atoms with Gasteiger partial charge in [-0.25, -0.2) is 4.90 Å². The molecule has 7 amide bonds. The first-order valence-electron chi connectivity index (χ1n) is 19.2. The summed E-state index contributed by atoms with van der Waals surface area (Å²) in [6, 6.07) is -4.82. The van der Waals surface area contributed by atoms with Crippen LogP contribution < -0.4 is 27.4 Å². The second kappa shape index (κ2) is 27.0. The summed E-state index contributed by atoms with van der Waals surface area (Å²) in [5.74, 6) is -5.79. The molecule has 0 spiro atoms. The lowest BCUT2D eigenvalue weighted by atomic mass is 9.95. The fourth-order valence-electron chi connectivity index (χ4n) is 5.72. The quantitative estimate of drug-likeness (QED) is 0.0555. The molecule has 15 nitrogen and oxygen atoms in total. The standard InChI is InChI=1S/C38H69N7O8/c1-9-11-12-13-14-15-16-17-32(47)41-22-33(48)42-23-34(49)43-30(19-26(5)6)37(52)45(36(51)29(40)10-2)38(53)31(20-27(7)8)44(35(50)21-39)28(24-46)18-25(3)4/h14-15,25-31,46H,9-13,16-24,39-40H2,1-8H3,(H,41,47)(H,42,48)(H,43,49)/b15-14-/t28-,29?,30-,31-/m0/s1. The van der Waals surface area contributed by atoms with Crippen LogP contribution in [-0.4, -0.2) is 107 Å². The number of imide groups is 3. The summed E-state index contributed by atoms with van der Waals surface area (Å²) in [7, 11) is 0. The summed E-state index contributed by atoms with van der Waals surface area (Å²) in [5, 5.41) is 17.8. The van der Waals surface area contributed by atoms with E-state index in [2.05, 4.69) is 22.9 Å². The number of aliphatic hydroxyl groups is 1. The largest absolute Gasteiger partial charge is 0.394 e. The highest BCUT2D eigenvalue weighted by atomic mass is 16.3. The first kappa shape index (κ1) is 49.3. The van der Waals surface area contributed by atoms with Crippen molar-refractivity contribution in [2.75, 3.05) is 26.2 Å². The summed E-state index contributed by atoms with van der Waals surface area (Å²) >= 11 is 0. The highest BCUT2D eigenvalue weighted by Crippen LogP contribution is 2.23. The van der Waals surface area contributed by atoms with Gasteiger partial charge in [0, 0.05) is 6.42 Å². The highest BCUT2D eigenvalue weighted by Gasteiger charge is 2.44. The minimum absolute atomic E-state index is 0.0117. The zero-order chi connectivity index (χ0) is 40.7. The number of nitrogens with zero attached hydrogens (tertiary/aromatic N) is 2. The van der Waals surface area contributed by atoms with Crippen LogP contribution in [-0.2, 0) is 33.6 Å². The average molecular weight is 752 g/mol. The maximum Gasteiger partial charge on any atom is 0.258 e. The lowest BCUT2D eigenvalue weighted by Crippen LogP contribution is -2.63. The zero-order valence-electron chi connectivity index (χ0n) is 33.4. The minimum Gasteiger partial charge on any atom is -0.394 e. The van der Waals surface area contributed by atoms with E-state index in [1.807, 2.05) is 39.8 Å². The van der Waals surface area contributed by atoms with Crippen LogP contribution in [0.15, 0.2) is 12.2 Å². The smallest absolute Gasteiger partial charge is 0.258 e. The van der Waals surface area contributed by atoms with Gasteiger partial charge in [-0.05, 0) is 62.7 Å². The molecule has 0 aliphatic heterocycles. The number of amides is 7. The number of nitrogens with one attached hydrogen (secondary N) is 3. The topological polar surface area (TPSA) is 234 Å². The Morgan fingerprint density at radius 3 is 1.81 bits per heavy atom. The molecule has 0 radical (unpaired) electrons. The van der Waals surface area contributed by atoms with E-state index >= 15 is 0 Å². The van der Waals surface area contributed by atoms with E-state index in [0.29, 0.717) is 17.7 Å². The molecule has 0 bridgehead atoms. The number of rotatable bonds is 26. The molecule has 53 heavy (non-hydrogen) atoms. The molecule has 0 aromatic rings. The van der Waals surface area contributed by atoms with E-state index in [4.69, 9.17) is 11.5 Å². The first-order chi connectivity index (χ1) is 24.9. The van der Waals surface area contributed by atoms with Gasteiger partial charge in [0.25, 0.3) is 17.7 Å². The lowest BCUT2D eigenvalue weighted by molar-refractivity contribution is -0.163. The van der Waals surface area contributed by atoms with E-state index in [-0.39, 0.29) is 55.9 Å². The van der Waals surface area contributed by atoms with Crippen molar-refractivity contribution < 1.29 is 38.7 Å². The van der Waals surface area contributed by atoms with Crippen molar-refractivity contribution in [2.45, 2.75) is 144 Å². The van der Waals surface area contributed by atoms with Crippen LogP contribution in [0.1, 0.15) is 120 Å². The van der Waals surface area contributed by atoms with Crippen molar-refractivity contribution in [1.82, 2.24) is 25.8 Å². The molecule has 0 rings (SSSR count). The van der Waals surface area contributed by atoms with Crippen LogP contribution in [0.3, 0.4) is 0 Å². The molecule has 0 aromatic carbocycles. The Kier molecular flexibility index (Phi) is 25.1. The Morgan fingerprint density at radius 1 is 0.717 bits per heavy atom. The third-order valence-corrected chi connectivity index (χ3v) is 8.46. The molecule has 1 unspecified atom stereocenters. The predicted molar refractivity (Wildman–Crippen MR) is 205 cm³/mol. The lowest BCUT2D eigenvalue weighted by Gasteiger charge is -2.40. The summed E-state index contributed by atoms with van der Waals surface area (Å²) < 4.78 is 0. The van der Waals surface area contributed by atoms with E-state index in [0.717, 1.165) is 25.7 Å². The van der Waals surface area contributed by atoms with Gasteiger partial charge in [0.15, 0.2) is 0 Å². The van der Waals surface area contributed by atoms with Gasteiger partial charge in [0.1, 0.15) is 12.1 Å². The van der Waals surface area contributed by atoms with Crippen molar-refractivity contribution in [3.8, 4) is 0 Å². The highest BCUT2D eigenvalue weighted by molar-refractivity contribution is 6.15. The van der Waals surface area contributed by atoms with Crippen molar-refractivity contribution >= 4 is 41.4 Å². The molecule has 0 saturated heterocycles. The number of carbonyl (C=O) groups is 7. The Labute approximate surface area is 316 Å². The van der Waals surface area contributed by atoms with E-state index in [9.17, 15) is 38.7 Å². The van der Waals surface area contributed by atoms with Crippen LogP contribution in [0.5, 0.6) is 0 Å². The van der Waals surface area contributed by atoms with E-state index in [1.54, 1.807) is 20.8 Å². The van der Waals surface area contributed by atoms with Crippen molar-refractivity contribution in [2.24, 2.45) is 29.2 Å². The molecular formula is C38H69N7O8. The predicted octanol–water partition coefficient (Wildman–Crippen LogP) is 1.89. The summed E-state index contributed by atoms with van der Waals surface area (Å²) in [6.07, 6.45) is 9.53. The Balaban J connectivity index is 6.15. The maximum absolute atomic E-state index is 14.5. The van der Waals surface area contributed by atoms with Gasteiger partial charge < -0.3 is 37.4 Å². The first-order valence-corrected chi connectivity index (χ1v) is 19.2. The van der Waals surface area contributed by atoms with Gasteiger partial charge in [0.2, 0.25) is 23.6 Å². The second-order valence-electron chi connectivity index (χ2n) is 14.8. The van der Waals surface area contributed by atoms with Gasteiger partial charge >= 0.3 is 0 Å². The van der Waals surface area contributed by atoms with E-state index < -0.39 is 79.3 Å². The molecule has 0 aromatic heterocycles. The van der Waals surface area contributed by atoms with Crippen molar-refractivity contribution in [1.29, 1.82) is 0 Å². The van der Waals surface area contributed by atoms with Crippen LogP contribution in [0.2, 0.25) is 0 Å². The number of hydrogen-bond acceptors (Lipinski definition) is 10. The number of hydrogen-bond donors (Lipinski definition) is 6. The molecule has 304 valence electrons. The van der Waals surface area contributed by atoms with E-state index in [1.165, 1.54) is 4.90 Å². The monoisotopic (exact) mass is 752 g/mol. The van der Waals surface area contributed by atoms with Gasteiger partial charge in [-0.2, -0.15) is 0 Å². The van der Waals surface area contributed by atoms with Crippen LogP contribution in [0, 0.1) is 17.8 Å². The normalized spacial score (nSPS) is 13.8. The Hall–Kier alpha value is -3.69. The summed E-state index contributed by atoms with van der Waals surface area (Å²) in [5.41, 5.74) is 11.9. The van der Waals surface area contributed by atoms with Gasteiger partial charge in [-0.1, -0.05) is 80.4 Å². The van der Waals surface area contributed by atoms with Crippen LogP contribution in [0.25, 0.3) is 0 Å². The number of allylic oxidation sites excluding steroid dienone is 2. The molecule has 15 heteroatoms. The molecule has 0 saturated carbocycles. The molecular weight excluding hydrogens is 682 g/mol. The third kappa shape index (κ3) is 19.3. The maximum atomic E-state index is 14.5. The SMILES string of the molecule is CCCCC/C=C\CCC(=O)NCC(=O)NCC(=O)N[C@@H](CC(C)C)C(=O)N(C(=O)C(N)CC)C(=O)[C@H](CC(C)C)N(C(=O)CN)[C@H](CO)CC(C)C. The van der Waals surface area contributed by atoms with Gasteiger partial charge in [-0.3, -0.25) is 33.6 Å². The number of carbonyl (C=O) groups excluding carboxylic acids is 7. The minimum atomic E-state index is -1.38. The summed E-state index contributed by atoms with van der Waals surface area (Å²) in [4.78, 5) is 95.1. The van der Waals surface area contributed by atoms with Gasteiger partial charge in [0.05, 0.1) is 38.3 Å². The number of nitrogens with two attached hydrogens (primary N) is 2. The Morgan fingerprint density at radius 2 is 1.28 bits per heavy atom. The average Bonchev–Trinajstić information content (AvgIpc) is 3.10. The molecule has 0 fully saturated rings. The molecule has 8 N–H and O–H groups in total. The fraction of sp³-hybridized carbons (Fsp3) is 0.763. The van der Waals surface area contributed by atoms with Crippen molar-refractivity contribution in [3.05, 3.63) is 12.2 Å². The van der Waals surface area contributed by atoms with Crippen LogP contribution >= 0.6 is 0 Å². The number of unbranched alkanes of at least 4 members (excludes halogenated alkanes) is 3. The molecule has 0 heterocycles. The van der Waals surface area contributed by atoms with Crippen LogP contribution in [0.4, 0.5) is 0 Å². The van der Waals surface area contributed by atoms with Gasteiger partial charge in [-0.15, -0.1) is 0 Å². The molecule has 4 atom stereocenters.